The summed E-state index contributed by atoms with van der Waals surface area (Å²) in [7, 11) is 6.27. The van der Waals surface area contributed by atoms with Gasteiger partial charge in [-0.1, -0.05) is 91.6 Å². The number of carbonyl (C=O) groups is 8. The number of methoxy groups -OCH3 is 2. The molecular weight excluding hydrogens is 873 g/mol. The Morgan fingerprint density at radius 3 is 2.00 bits per heavy atom. The molecule has 0 aromatic heterocycles. The molecule has 2 heterocycles. The Labute approximate surface area is 403 Å². The third-order valence-corrected chi connectivity index (χ3v) is 14.5. The molecule has 0 radical (unpaired) electrons. The summed E-state index contributed by atoms with van der Waals surface area (Å²) in [5.41, 5.74) is 0.672. The van der Waals surface area contributed by atoms with Gasteiger partial charge in [-0.05, 0) is 60.8 Å². The van der Waals surface area contributed by atoms with Crippen LogP contribution in [0.2, 0.25) is 0 Å². The van der Waals surface area contributed by atoms with Gasteiger partial charge >= 0.3 is 5.97 Å². The summed E-state index contributed by atoms with van der Waals surface area (Å²) in [6.07, 6.45) is 6.00. The molecule has 7 amide bonds. The van der Waals surface area contributed by atoms with Crippen molar-refractivity contribution in [1.29, 1.82) is 0 Å². The lowest BCUT2D eigenvalue weighted by Gasteiger charge is -2.41. The fourth-order valence-corrected chi connectivity index (χ4v) is 10.0. The number of carboxylic acid groups (broad SMARTS) is 1. The number of aliphatic carboxylic acids is 1. The Bertz CT molecular complexity index is 1950. The first-order valence-electron chi connectivity index (χ1n) is 24.4. The van der Waals surface area contributed by atoms with Crippen molar-refractivity contribution < 1.29 is 52.9 Å². The Balaban J connectivity index is 1.45. The number of hydrogen-bond acceptors (Lipinski definition) is 10. The first-order chi connectivity index (χ1) is 32.1. The predicted octanol–water partition coefficient (Wildman–Crippen LogP) is 4.22. The highest BCUT2D eigenvalue weighted by atomic mass is 16.5. The van der Waals surface area contributed by atoms with E-state index in [9.17, 15) is 43.5 Å². The summed E-state index contributed by atoms with van der Waals surface area (Å²) in [6, 6.07) is 5.01. The lowest BCUT2D eigenvalue weighted by atomic mass is 9.89. The van der Waals surface area contributed by atoms with Crippen LogP contribution in [-0.4, -0.2) is 156 Å². The zero-order valence-electron chi connectivity index (χ0n) is 42.2. The molecular formula is C51H78N6O11. The number of nitrogens with one attached hydrogen (secondary N) is 2. The highest BCUT2D eigenvalue weighted by Crippen LogP contribution is 2.56. The second-order valence-corrected chi connectivity index (χ2v) is 20.1. The average molecular weight is 951 g/mol. The van der Waals surface area contributed by atoms with Gasteiger partial charge in [-0.25, -0.2) is 4.79 Å². The van der Waals surface area contributed by atoms with Crippen molar-refractivity contribution in [2.24, 2.45) is 29.1 Å². The second-order valence-electron chi connectivity index (χ2n) is 20.1. The Morgan fingerprint density at radius 2 is 1.47 bits per heavy atom. The minimum atomic E-state index is -1.16. The quantitative estimate of drug-likeness (QED) is 0.0840. The van der Waals surface area contributed by atoms with Crippen LogP contribution in [0.1, 0.15) is 112 Å². The Morgan fingerprint density at radius 1 is 0.838 bits per heavy atom. The number of hydrogen-bond donors (Lipinski definition) is 3. The fraction of sp³-hybridized carbons (Fsp3) is 0.686. The van der Waals surface area contributed by atoms with Crippen LogP contribution in [0.15, 0.2) is 42.5 Å². The third kappa shape index (κ3) is 14.0. The average Bonchev–Trinajstić information content (AvgIpc) is 3.85. The van der Waals surface area contributed by atoms with E-state index in [2.05, 4.69) is 10.6 Å². The summed E-state index contributed by atoms with van der Waals surface area (Å²) in [6.45, 7) is 13.8. The lowest BCUT2D eigenvalue weighted by Crippen LogP contribution is -2.60. The monoisotopic (exact) mass is 951 g/mol. The van der Waals surface area contributed by atoms with Crippen molar-refractivity contribution in [2.75, 3.05) is 41.4 Å². The molecule has 9 atom stereocenters. The van der Waals surface area contributed by atoms with Gasteiger partial charge in [-0.3, -0.25) is 38.5 Å². The van der Waals surface area contributed by atoms with E-state index in [0.29, 0.717) is 38.6 Å². The van der Waals surface area contributed by atoms with Gasteiger partial charge in [-0.2, -0.15) is 0 Å². The highest BCUT2D eigenvalue weighted by Gasteiger charge is 2.56. The van der Waals surface area contributed by atoms with Crippen LogP contribution in [-0.2, 0) is 54.3 Å². The van der Waals surface area contributed by atoms with Crippen molar-refractivity contribution in [1.82, 2.24) is 30.2 Å². The fourth-order valence-electron chi connectivity index (χ4n) is 10.0. The van der Waals surface area contributed by atoms with Gasteiger partial charge < -0.3 is 39.9 Å². The van der Waals surface area contributed by atoms with Crippen molar-refractivity contribution >= 4 is 47.3 Å². The molecule has 68 heavy (non-hydrogen) atoms. The molecule has 1 aromatic carbocycles. The van der Waals surface area contributed by atoms with Crippen molar-refractivity contribution in [3.63, 3.8) is 0 Å². The maximum atomic E-state index is 14.7. The van der Waals surface area contributed by atoms with Gasteiger partial charge in [0.05, 0.1) is 36.6 Å². The third-order valence-electron chi connectivity index (χ3n) is 14.5. The van der Waals surface area contributed by atoms with E-state index < -0.39 is 66.1 Å². The Kier molecular flexibility index (Phi) is 20.3. The summed E-state index contributed by atoms with van der Waals surface area (Å²) in [5, 5.41) is 15.7. The molecule has 1 aromatic rings. The van der Waals surface area contributed by atoms with Crippen molar-refractivity contribution in [2.45, 2.75) is 155 Å². The molecule has 4 rings (SSSR count). The smallest absolute Gasteiger partial charge is 0.326 e. The standard InChI is InChI=1S/C51H78N6O11/c1-12-33(6)45(55(9)49(64)43(31(2)3)53-48(63)44(32(4)5)54(8)39(58)21-17-14-18-26-56-40(59)22-23-41(56)60)38(67-10)28-42(61)57-30-51(24-25-51)29-37(57)46(68-11)34(7)47(62)52-36(50(65)66)27-35-19-15-13-16-20-35/h13,15-16,19-20,22-23,31-34,36-38,43-46H,12,14,17-18,21,24-30H2,1-11H3,(H,52,62)(H,53,63)(H,65,66)/t33?,34-,36+,37+,38?,43+,44+,45+,46-/m1/s1. The minimum Gasteiger partial charge on any atom is -0.480 e. The molecule has 1 aliphatic carbocycles. The molecule has 3 aliphatic rings. The number of imide groups is 1. The number of amides is 7. The van der Waals surface area contributed by atoms with E-state index in [0.717, 1.165) is 18.4 Å². The normalized spacial score (nSPS) is 19.9. The van der Waals surface area contributed by atoms with Gasteiger partial charge in [0.1, 0.15) is 18.1 Å². The van der Waals surface area contributed by atoms with E-state index in [1.54, 1.807) is 43.0 Å². The Hall–Kier alpha value is -5.16. The predicted molar refractivity (Wildman–Crippen MR) is 255 cm³/mol. The lowest BCUT2D eigenvalue weighted by molar-refractivity contribution is -0.149. The van der Waals surface area contributed by atoms with Crippen LogP contribution in [0.4, 0.5) is 0 Å². The molecule has 17 heteroatoms. The van der Waals surface area contributed by atoms with Crippen LogP contribution in [0, 0.1) is 29.1 Å². The van der Waals surface area contributed by atoms with Crippen LogP contribution in [0.3, 0.4) is 0 Å². The molecule has 1 saturated heterocycles. The molecule has 1 spiro atoms. The molecule has 378 valence electrons. The van der Waals surface area contributed by atoms with Gasteiger partial charge in [0, 0.05) is 66.4 Å². The SMILES string of the molecule is CCC(C)[C@@H](C(CC(=O)N1CC2(CC2)C[C@H]1[C@H](OC)[C@@H](C)C(=O)N[C@@H](Cc1ccccc1)C(=O)O)OC)N(C)C(=O)[C@@H](NC(=O)[C@H](C(C)C)N(C)C(=O)CCCCCN1C(=O)C=CC1=O)C(C)C. The summed E-state index contributed by atoms with van der Waals surface area (Å²) in [4.78, 5) is 113. The maximum Gasteiger partial charge on any atom is 0.326 e. The second kappa shape index (κ2) is 24.9. The maximum absolute atomic E-state index is 14.7. The number of benzene rings is 1. The summed E-state index contributed by atoms with van der Waals surface area (Å²) in [5.74, 6) is -5.18. The number of likely N-dealkylation sites (N-methyl/N-ethyl adjacent to an activating group) is 2. The first kappa shape index (κ1) is 55.4. The van der Waals surface area contributed by atoms with Crippen LogP contribution in [0.25, 0.3) is 0 Å². The van der Waals surface area contributed by atoms with E-state index in [1.807, 2.05) is 59.7 Å². The largest absolute Gasteiger partial charge is 0.480 e. The topological polar surface area (TPSA) is 212 Å². The molecule has 2 unspecified atom stereocenters. The van der Waals surface area contributed by atoms with Gasteiger partial charge in [0.2, 0.25) is 29.5 Å². The van der Waals surface area contributed by atoms with E-state index in [-0.39, 0.29) is 78.5 Å². The van der Waals surface area contributed by atoms with Crippen molar-refractivity contribution in [3.05, 3.63) is 48.0 Å². The number of unbranched alkanes of at least 4 members (excludes halogenated alkanes) is 2. The number of carboxylic acids is 1. The highest BCUT2D eigenvalue weighted by molar-refractivity contribution is 6.12. The van der Waals surface area contributed by atoms with Gasteiger partial charge in [-0.15, -0.1) is 0 Å². The zero-order valence-corrected chi connectivity index (χ0v) is 42.2. The summed E-state index contributed by atoms with van der Waals surface area (Å²) < 4.78 is 12.1. The van der Waals surface area contributed by atoms with Crippen LogP contribution < -0.4 is 10.6 Å². The minimum absolute atomic E-state index is 0.0718. The number of ether oxygens (including phenoxy) is 2. The summed E-state index contributed by atoms with van der Waals surface area (Å²) >= 11 is 0. The molecule has 0 bridgehead atoms. The number of carbonyl (C=O) groups excluding carboxylic acids is 7. The van der Waals surface area contributed by atoms with Crippen molar-refractivity contribution in [3.8, 4) is 0 Å². The number of nitrogens with zero attached hydrogens (tertiary/aromatic N) is 4. The number of rotatable bonds is 27. The first-order valence-corrected chi connectivity index (χ1v) is 24.4. The van der Waals surface area contributed by atoms with E-state index in [4.69, 9.17) is 9.47 Å². The molecule has 17 nitrogen and oxygen atoms in total. The zero-order chi connectivity index (χ0) is 50.6. The van der Waals surface area contributed by atoms with E-state index in [1.165, 1.54) is 36.2 Å². The van der Waals surface area contributed by atoms with Crippen LogP contribution in [0.5, 0.6) is 0 Å². The van der Waals surface area contributed by atoms with Gasteiger partial charge in [0.25, 0.3) is 11.8 Å². The number of likely N-dealkylation sites (tertiary alicyclic amines) is 1. The van der Waals surface area contributed by atoms with Crippen LogP contribution >= 0.6 is 0 Å². The molecule has 3 N–H and O–H groups in total. The molecule has 2 aliphatic heterocycles. The molecule has 2 fully saturated rings. The van der Waals surface area contributed by atoms with E-state index >= 15 is 0 Å². The van der Waals surface area contributed by atoms with Gasteiger partial charge in [0.15, 0.2) is 0 Å². The molecule has 1 saturated carbocycles.